The first-order chi connectivity index (χ1) is 12.7. The van der Waals surface area contributed by atoms with E-state index in [0.717, 1.165) is 25.2 Å². The first-order valence-corrected chi connectivity index (χ1v) is 9.31. The van der Waals surface area contributed by atoms with Crippen LogP contribution in [0.2, 0.25) is 0 Å². The molecule has 0 bridgehead atoms. The minimum absolute atomic E-state index is 0.107. The van der Waals surface area contributed by atoms with E-state index in [2.05, 4.69) is 24.1 Å². The number of likely N-dealkylation sites (N-methyl/N-ethyl adjacent to an activating group) is 1. The third kappa shape index (κ3) is 8.77. The summed E-state index contributed by atoms with van der Waals surface area (Å²) in [5.74, 6) is -0.499. The highest BCUT2D eigenvalue weighted by atomic mass is 16.6. The van der Waals surface area contributed by atoms with Crippen LogP contribution in [0.1, 0.15) is 40.2 Å². The maximum Gasteiger partial charge on any atom is 0.408 e. The number of aliphatic carboxylic acids is 1. The average Bonchev–Trinajstić information content (AvgIpc) is 2.57. The van der Waals surface area contributed by atoms with Crippen molar-refractivity contribution in [1.82, 2.24) is 10.2 Å². The lowest BCUT2D eigenvalue weighted by Crippen LogP contribution is -2.44. The maximum absolute atomic E-state index is 11.9. The van der Waals surface area contributed by atoms with Gasteiger partial charge in [-0.15, -0.1) is 0 Å². The number of ether oxygens (including phenoxy) is 2. The molecule has 0 aliphatic carbocycles. The minimum atomic E-state index is -1.13. The summed E-state index contributed by atoms with van der Waals surface area (Å²) in [5, 5.41) is 11.9. The highest BCUT2D eigenvalue weighted by molar-refractivity contribution is 5.80. The zero-order valence-electron chi connectivity index (χ0n) is 16.9. The second-order valence-corrected chi connectivity index (χ2v) is 7.22. The fourth-order valence-corrected chi connectivity index (χ4v) is 2.51. The molecule has 0 spiro atoms. The molecule has 0 radical (unpaired) electrons. The molecule has 2 N–H and O–H groups in total. The van der Waals surface area contributed by atoms with Crippen LogP contribution >= 0.6 is 0 Å². The largest absolute Gasteiger partial charge is 0.492 e. The number of carbonyl (C=O) groups is 2. The molecular formula is C20H32N2O5. The van der Waals surface area contributed by atoms with Crippen LogP contribution in [0.15, 0.2) is 24.3 Å². The van der Waals surface area contributed by atoms with Gasteiger partial charge in [-0.2, -0.15) is 0 Å². The molecule has 0 aliphatic rings. The molecule has 1 aromatic carbocycles. The van der Waals surface area contributed by atoms with Gasteiger partial charge in [0.1, 0.15) is 24.0 Å². The summed E-state index contributed by atoms with van der Waals surface area (Å²) < 4.78 is 11.0. The number of carbonyl (C=O) groups excluding carboxylic acids is 1. The second kappa shape index (κ2) is 10.8. The summed E-state index contributed by atoms with van der Waals surface area (Å²) in [6.45, 7) is 12.6. The third-order valence-electron chi connectivity index (χ3n) is 3.95. The Morgan fingerprint density at radius 3 is 2.37 bits per heavy atom. The first-order valence-electron chi connectivity index (χ1n) is 9.31. The molecule has 152 valence electrons. The molecule has 1 aromatic rings. The van der Waals surface area contributed by atoms with Crippen LogP contribution in [-0.4, -0.2) is 60.0 Å². The molecule has 27 heavy (non-hydrogen) atoms. The van der Waals surface area contributed by atoms with E-state index in [4.69, 9.17) is 9.47 Å². The summed E-state index contributed by atoms with van der Waals surface area (Å²) in [7, 11) is 0. The van der Waals surface area contributed by atoms with Crippen molar-refractivity contribution >= 4 is 12.1 Å². The van der Waals surface area contributed by atoms with E-state index >= 15 is 0 Å². The van der Waals surface area contributed by atoms with Gasteiger partial charge >= 0.3 is 12.1 Å². The van der Waals surface area contributed by atoms with E-state index in [1.165, 1.54) is 0 Å². The van der Waals surface area contributed by atoms with Crippen molar-refractivity contribution in [2.45, 2.75) is 52.7 Å². The molecule has 0 saturated heterocycles. The molecule has 1 amide bonds. The fraction of sp³-hybridized carbons (Fsp3) is 0.600. The third-order valence-corrected chi connectivity index (χ3v) is 3.95. The quantitative estimate of drug-likeness (QED) is 0.649. The molecular weight excluding hydrogens is 348 g/mol. The molecule has 1 unspecified atom stereocenters. The van der Waals surface area contributed by atoms with Crippen LogP contribution in [0, 0.1) is 0 Å². The SMILES string of the molecule is CCN(CC)CCOc1ccccc1CC(NC(=O)OC(C)(C)C)C(=O)O. The molecule has 7 heteroatoms. The maximum atomic E-state index is 11.9. The number of benzene rings is 1. The fourth-order valence-electron chi connectivity index (χ4n) is 2.51. The summed E-state index contributed by atoms with van der Waals surface area (Å²) >= 11 is 0. The Kier molecular flexibility index (Phi) is 9.08. The summed E-state index contributed by atoms with van der Waals surface area (Å²) in [6, 6.07) is 6.17. The van der Waals surface area contributed by atoms with Crippen LogP contribution in [0.5, 0.6) is 5.75 Å². The van der Waals surface area contributed by atoms with Crippen LogP contribution in [0.25, 0.3) is 0 Å². The summed E-state index contributed by atoms with van der Waals surface area (Å²) in [6.07, 6.45) is -0.648. The smallest absolute Gasteiger partial charge is 0.408 e. The van der Waals surface area contributed by atoms with Crippen LogP contribution in [-0.2, 0) is 16.0 Å². The van der Waals surface area contributed by atoms with Crippen molar-refractivity contribution < 1.29 is 24.2 Å². The van der Waals surface area contributed by atoms with E-state index in [0.29, 0.717) is 12.4 Å². The number of nitrogens with zero attached hydrogens (tertiary/aromatic N) is 1. The van der Waals surface area contributed by atoms with E-state index in [1.807, 2.05) is 18.2 Å². The van der Waals surface area contributed by atoms with Gasteiger partial charge in [0.15, 0.2) is 0 Å². The zero-order chi connectivity index (χ0) is 20.4. The zero-order valence-corrected chi connectivity index (χ0v) is 16.9. The van der Waals surface area contributed by atoms with Crippen molar-refractivity contribution in [3.05, 3.63) is 29.8 Å². The van der Waals surface area contributed by atoms with Crippen molar-refractivity contribution in [2.75, 3.05) is 26.2 Å². The van der Waals surface area contributed by atoms with E-state index in [9.17, 15) is 14.7 Å². The number of carboxylic acid groups (broad SMARTS) is 1. The number of para-hydroxylation sites is 1. The Morgan fingerprint density at radius 1 is 1.19 bits per heavy atom. The molecule has 1 atom stereocenters. The monoisotopic (exact) mass is 380 g/mol. The van der Waals surface area contributed by atoms with E-state index in [1.54, 1.807) is 26.8 Å². The van der Waals surface area contributed by atoms with Gasteiger partial charge in [0, 0.05) is 13.0 Å². The second-order valence-electron chi connectivity index (χ2n) is 7.22. The lowest BCUT2D eigenvalue weighted by molar-refractivity contribution is -0.139. The van der Waals surface area contributed by atoms with Crippen molar-refractivity contribution in [1.29, 1.82) is 0 Å². The van der Waals surface area contributed by atoms with Gasteiger partial charge in [0.2, 0.25) is 0 Å². The highest BCUT2D eigenvalue weighted by Gasteiger charge is 2.25. The van der Waals surface area contributed by atoms with Gasteiger partial charge in [0.25, 0.3) is 0 Å². The van der Waals surface area contributed by atoms with Gasteiger partial charge < -0.3 is 24.8 Å². The van der Waals surface area contributed by atoms with E-state index in [-0.39, 0.29) is 6.42 Å². The van der Waals surface area contributed by atoms with Crippen LogP contribution in [0.4, 0.5) is 4.79 Å². The average molecular weight is 380 g/mol. The molecule has 7 nitrogen and oxygen atoms in total. The molecule has 0 aliphatic heterocycles. The van der Waals surface area contributed by atoms with E-state index < -0.39 is 23.7 Å². The number of hydrogen-bond acceptors (Lipinski definition) is 5. The lowest BCUT2D eigenvalue weighted by atomic mass is 10.1. The Bertz CT molecular complexity index is 609. The van der Waals surface area contributed by atoms with Gasteiger partial charge in [-0.3, -0.25) is 0 Å². The molecule has 1 rings (SSSR count). The number of hydrogen-bond donors (Lipinski definition) is 2. The van der Waals surface area contributed by atoms with Gasteiger partial charge in [-0.05, 0) is 45.5 Å². The number of alkyl carbamates (subject to hydrolysis) is 1. The minimum Gasteiger partial charge on any atom is -0.492 e. The Hall–Kier alpha value is -2.28. The van der Waals surface area contributed by atoms with Gasteiger partial charge in [0.05, 0.1) is 0 Å². The Balaban J connectivity index is 2.76. The normalized spacial score (nSPS) is 12.5. The predicted octanol–water partition coefficient (Wildman–Crippen LogP) is 2.93. The molecule has 0 heterocycles. The summed E-state index contributed by atoms with van der Waals surface area (Å²) in [5.41, 5.74) is 0.0268. The number of nitrogens with one attached hydrogen (secondary N) is 1. The Morgan fingerprint density at radius 2 is 1.81 bits per heavy atom. The first kappa shape index (κ1) is 22.8. The van der Waals surface area contributed by atoms with Crippen molar-refractivity contribution in [3.63, 3.8) is 0 Å². The molecule has 0 aromatic heterocycles. The topological polar surface area (TPSA) is 88.1 Å². The summed E-state index contributed by atoms with van der Waals surface area (Å²) in [4.78, 5) is 25.8. The number of rotatable bonds is 10. The Labute approximate surface area is 161 Å². The molecule has 0 fully saturated rings. The number of carboxylic acids is 1. The predicted molar refractivity (Wildman–Crippen MR) is 104 cm³/mol. The van der Waals surface area contributed by atoms with Crippen LogP contribution < -0.4 is 10.1 Å². The molecule has 0 saturated carbocycles. The highest BCUT2D eigenvalue weighted by Crippen LogP contribution is 2.20. The van der Waals surface area contributed by atoms with Gasteiger partial charge in [-0.25, -0.2) is 9.59 Å². The van der Waals surface area contributed by atoms with Crippen molar-refractivity contribution in [3.8, 4) is 5.75 Å². The standard InChI is InChI=1S/C20H32N2O5/c1-6-22(7-2)12-13-26-17-11-9-8-10-15(17)14-16(18(23)24)21-19(25)27-20(3,4)5/h8-11,16H,6-7,12-14H2,1-5H3,(H,21,25)(H,23,24). The van der Waals surface area contributed by atoms with Crippen LogP contribution in [0.3, 0.4) is 0 Å². The van der Waals surface area contributed by atoms with Crippen molar-refractivity contribution in [2.24, 2.45) is 0 Å². The number of amides is 1. The lowest BCUT2D eigenvalue weighted by Gasteiger charge is -2.22. The van der Waals surface area contributed by atoms with Gasteiger partial charge in [-0.1, -0.05) is 32.0 Å².